The van der Waals surface area contributed by atoms with Gasteiger partial charge in [0, 0.05) is 25.7 Å². The number of aromatic nitrogens is 3. The Morgan fingerprint density at radius 3 is 2.00 bits per heavy atom. The van der Waals surface area contributed by atoms with Gasteiger partial charge in [-0.15, -0.1) is 5.10 Å². The highest BCUT2D eigenvalue weighted by Crippen LogP contribution is 2.19. The molecule has 0 radical (unpaired) electrons. The third kappa shape index (κ3) is 5.03. The molecule has 0 N–H and O–H groups in total. The van der Waals surface area contributed by atoms with Gasteiger partial charge in [-0.2, -0.15) is 10.1 Å². The molecule has 0 aliphatic carbocycles. The predicted octanol–water partition coefficient (Wildman–Crippen LogP) is 4.31. The highest BCUT2D eigenvalue weighted by atomic mass is 15.4. The lowest BCUT2D eigenvalue weighted by molar-refractivity contribution is 0.649. The summed E-state index contributed by atoms with van der Waals surface area (Å²) in [6.07, 6.45) is 1.75. The highest BCUT2D eigenvalue weighted by molar-refractivity contribution is 5.43. The van der Waals surface area contributed by atoms with Crippen LogP contribution in [0.4, 0.5) is 11.8 Å². The zero-order valence-corrected chi connectivity index (χ0v) is 16.3. The van der Waals surface area contributed by atoms with Gasteiger partial charge in [-0.1, -0.05) is 60.7 Å². The van der Waals surface area contributed by atoms with Gasteiger partial charge < -0.3 is 9.80 Å². The van der Waals surface area contributed by atoms with Gasteiger partial charge in [0.1, 0.15) is 0 Å². The quantitative estimate of drug-likeness (QED) is 0.598. The van der Waals surface area contributed by atoms with E-state index in [0.717, 1.165) is 25.5 Å². The molecule has 5 nitrogen and oxygen atoms in total. The first-order chi connectivity index (χ1) is 13.2. The zero-order chi connectivity index (χ0) is 19.1. The van der Waals surface area contributed by atoms with Crippen LogP contribution in [0.2, 0.25) is 0 Å². The molecule has 3 aromatic rings. The standard InChI is InChI=1S/C22H27N5/c1-4-26(16-19-11-7-5-8-12-19)21-15-23-25-22(24-21)27(18(2)3)17-20-13-9-6-10-14-20/h5-15,18H,4,16-17H2,1-3H3. The Bertz CT molecular complexity index is 820. The van der Waals surface area contributed by atoms with Crippen LogP contribution in [0.15, 0.2) is 66.9 Å². The SMILES string of the molecule is CCN(Cc1ccccc1)c1cnnc(N(Cc2ccccc2)C(C)C)n1. The Kier molecular flexibility index (Phi) is 6.36. The van der Waals surface area contributed by atoms with E-state index in [2.05, 4.69) is 89.3 Å². The smallest absolute Gasteiger partial charge is 0.247 e. The third-order valence-corrected chi connectivity index (χ3v) is 4.53. The number of hydrogen-bond donors (Lipinski definition) is 0. The summed E-state index contributed by atoms with van der Waals surface area (Å²) in [5.74, 6) is 1.52. The summed E-state index contributed by atoms with van der Waals surface area (Å²) in [6, 6.07) is 21.1. The fraction of sp³-hybridized carbons (Fsp3) is 0.318. The van der Waals surface area contributed by atoms with Crippen LogP contribution >= 0.6 is 0 Å². The number of benzene rings is 2. The molecule has 0 aliphatic heterocycles. The predicted molar refractivity (Wildman–Crippen MR) is 111 cm³/mol. The maximum absolute atomic E-state index is 4.84. The van der Waals surface area contributed by atoms with Crippen molar-refractivity contribution >= 4 is 11.8 Å². The van der Waals surface area contributed by atoms with E-state index in [1.165, 1.54) is 11.1 Å². The third-order valence-electron chi connectivity index (χ3n) is 4.53. The molecule has 2 aromatic carbocycles. The molecule has 27 heavy (non-hydrogen) atoms. The Morgan fingerprint density at radius 2 is 1.44 bits per heavy atom. The summed E-state index contributed by atoms with van der Waals surface area (Å²) < 4.78 is 0. The number of rotatable bonds is 8. The van der Waals surface area contributed by atoms with Crippen molar-refractivity contribution in [1.82, 2.24) is 15.2 Å². The van der Waals surface area contributed by atoms with Crippen molar-refractivity contribution in [2.45, 2.75) is 39.9 Å². The van der Waals surface area contributed by atoms with E-state index in [-0.39, 0.29) is 6.04 Å². The Balaban J connectivity index is 1.83. The van der Waals surface area contributed by atoms with Crippen LogP contribution in [0.25, 0.3) is 0 Å². The number of anilines is 2. The molecule has 140 valence electrons. The highest BCUT2D eigenvalue weighted by Gasteiger charge is 2.17. The Labute approximate surface area is 161 Å². The summed E-state index contributed by atoms with van der Waals surface area (Å²) in [4.78, 5) is 9.24. The van der Waals surface area contributed by atoms with Crippen molar-refractivity contribution in [3.63, 3.8) is 0 Å². The van der Waals surface area contributed by atoms with E-state index in [4.69, 9.17) is 4.98 Å². The average Bonchev–Trinajstić information content (AvgIpc) is 2.71. The first-order valence-electron chi connectivity index (χ1n) is 9.46. The minimum absolute atomic E-state index is 0.270. The van der Waals surface area contributed by atoms with Gasteiger partial charge in [0.2, 0.25) is 5.95 Å². The first kappa shape index (κ1) is 18.8. The van der Waals surface area contributed by atoms with E-state index in [9.17, 15) is 0 Å². The van der Waals surface area contributed by atoms with Crippen LogP contribution in [-0.4, -0.2) is 27.8 Å². The van der Waals surface area contributed by atoms with E-state index >= 15 is 0 Å². The van der Waals surface area contributed by atoms with Crippen molar-refractivity contribution in [2.75, 3.05) is 16.3 Å². The summed E-state index contributed by atoms with van der Waals surface area (Å²) in [5.41, 5.74) is 2.49. The number of hydrogen-bond acceptors (Lipinski definition) is 5. The molecule has 0 saturated heterocycles. The molecule has 1 heterocycles. The van der Waals surface area contributed by atoms with Crippen molar-refractivity contribution in [3.05, 3.63) is 78.0 Å². The van der Waals surface area contributed by atoms with Crippen molar-refractivity contribution in [2.24, 2.45) is 0 Å². The molecule has 0 unspecified atom stereocenters. The summed E-state index contributed by atoms with van der Waals surface area (Å²) in [5, 5.41) is 8.56. The molecule has 0 saturated carbocycles. The second-order valence-corrected chi connectivity index (χ2v) is 6.82. The Hall–Kier alpha value is -2.95. The fourth-order valence-electron chi connectivity index (χ4n) is 2.98. The molecule has 0 fully saturated rings. The van der Waals surface area contributed by atoms with Crippen LogP contribution in [0.1, 0.15) is 31.9 Å². The molecule has 0 bridgehead atoms. The van der Waals surface area contributed by atoms with E-state index in [0.29, 0.717) is 5.95 Å². The normalized spacial score (nSPS) is 10.8. The van der Waals surface area contributed by atoms with Crippen LogP contribution in [0.5, 0.6) is 0 Å². The lowest BCUT2D eigenvalue weighted by atomic mass is 10.2. The largest absolute Gasteiger partial charge is 0.351 e. The molecule has 0 amide bonds. The lowest BCUT2D eigenvalue weighted by Crippen LogP contribution is -2.33. The molecular formula is C22H27N5. The minimum Gasteiger partial charge on any atom is -0.351 e. The Morgan fingerprint density at radius 1 is 0.852 bits per heavy atom. The average molecular weight is 361 g/mol. The monoisotopic (exact) mass is 361 g/mol. The van der Waals surface area contributed by atoms with Crippen LogP contribution in [-0.2, 0) is 13.1 Å². The first-order valence-corrected chi connectivity index (χ1v) is 9.46. The lowest BCUT2D eigenvalue weighted by Gasteiger charge is -2.28. The van der Waals surface area contributed by atoms with Crippen molar-refractivity contribution in [3.8, 4) is 0 Å². The molecule has 0 aliphatic rings. The van der Waals surface area contributed by atoms with E-state index in [1.807, 2.05) is 12.1 Å². The summed E-state index contributed by atoms with van der Waals surface area (Å²) >= 11 is 0. The van der Waals surface area contributed by atoms with Crippen LogP contribution in [0.3, 0.4) is 0 Å². The molecule has 0 atom stereocenters. The summed E-state index contributed by atoms with van der Waals surface area (Å²) in [7, 11) is 0. The molecule has 3 rings (SSSR count). The molecule has 1 aromatic heterocycles. The van der Waals surface area contributed by atoms with Gasteiger partial charge in [0.05, 0.1) is 6.20 Å². The zero-order valence-electron chi connectivity index (χ0n) is 16.3. The van der Waals surface area contributed by atoms with E-state index in [1.54, 1.807) is 6.20 Å². The van der Waals surface area contributed by atoms with Gasteiger partial charge in [-0.3, -0.25) is 0 Å². The second-order valence-electron chi connectivity index (χ2n) is 6.82. The summed E-state index contributed by atoms with van der Waals surface area (Å²) in [6.45, 7) is 8.85. The van der Waals surface area contributed by atoms with Gasteiger partial charge in [-0.25, -0.2) is 0 Å². The van der Waals surface area contributed by atoms with Gasteiger partial charge in [0.25, 0.3) is 0 Å². The molecular weight excluding hydrogens is 334 g/mol. The second kappa shape index (κ2) is 9.12. The van der Waals surface area contributed by atoms with E-state index < -0.39 is 0 Å². The van der Waals surface area contributed by atoms with Crippen LogP contribution < -0.4 is 9.80 Å². The topological polar surface area (TPSA) is 45.2 Å². The van der Waals surface area contributed by atoms with Gasteiger partial charge >= 0.3 is 0 Å². The van der Waals surface area contributed by atoms with Gasteiger partial charge in [-0.05, 0) is 31.9 Å². The van der Waals surface area contributed by atoms with Crippen LogP contribution in [0, 0.1) is 0 Å². The van der Waals surface area contributed by atoms with Crippen molar-refractivity contribution in [1.29, 1.82) is 0 Å². The number of nitrogens with zero attached hydrogens (tertiary/aromatic N) is 5. The molecule has 0 spiro atoms. The minimum atomic E-state index is 0.270. The van der Waals surface area contributed by atoms with Crippen molar-refractivity contribution < 1.29 is 0 Å². The fourth-order valence-corrected chi connectivity index (χ4v) is 2.98. The maximum atomic E-state index is 4.84. The molecule has 5 heteroatoms. The van der Waals surface area contributed by atoms with Gasteiger partial charge in [0.15, 0.2) is 5.82 Å². The maximum Gasteiger partial charge on any atom is 0.247 e.